The van der Waals surface area contributed by atoms with Crippen LogP contribution in [0.25, 0.3) is 0 Å². The molecule has 0 bridgehead atoms. The van der Waals surface area contributed by atoms with E-state index in [1.165, 1.54) is 5.56 Å². The van der Waals surface area contributed by atoms with Crippen LogP contribution in [0.15, 0.2) is 54.6 Å². The van der Waals surface area contributed by atoms with Crippen molar-refractivity contribution in [2.24, 2.45) is 0 Å². The number of carboxylic acids is 1. The molecule has 2 aromatic carbocycles. The number of carbonyl (C=O) groups excluding carboxylic acids is 1. The van der Waals surface area contributed by atoms with Crippen molar-refractivity contribution in [3.63, 3.8) is 0 Å². The van der Waals surface area contributed by atoms with Crippen LogP contribution in [0.5, 0.6) is 5.75 Å². The summed E-state index contributed by atoms with van der Waals surface area (Å²) in [6.45, 7) is 1.69. The maximum atomic E-state index is 12.0. The molecule has 1 atom stereocenters. The molecule has 132 valence electrons. The standard InChI is InChI=1S/C20H23NO4/c1-15(11-12-20(23)24)21-19(22)14-25-18-10-6-5-9-17(18)13-16-7-3-2-4-8-16/h2-10,15H,11-14H2,1H3,(H,21,22)(H,23,24). The number of aliphatic carboxylic acids is 1. The number of nitrogens with one attached hydrogen (secondary N) is 1. The van der Waals surface area contributed by atoms with Gasteiger partial charge in [-0.15, -0.1) is 0 Å². The maximum absolute atomic E-state index is 12.0. The zero-order valence-corrected chi connectivity index (χ0v) is 14.3. The molecule has 0 aliphatic carbocycles. The summed E-state index contributed by atoms with van der Waals surface area (Å²) >= 11 is 0. The van der Waals surface area contributed by atoms with Crippen LogP contribution in [-0.2, 0) is 16.0 Å². The van der Waals surface area contributed by atoms with Crippen LogP contribution in [0.1, 0.15) is 30.9 Å². The molecule has 1 amide bonds. The molecular formula is C20H23NO4. The number of hydrogen-bond acceptors (Lipinski definition) is 3. The molecule has 0 radical (unpaired) electrons. The summed E-state index contributed by atoms with van der Waals surface area (Å²) in [6, 6.07) is 17.5. The number of carboxylic acid groups (broad SMARTS) is 1. The third kappa shape index (κ3) is 6.67. The molecule has 0 spiro atoms. The first-order valence-electron chi connectivity index (χ1n) is 8.30. The van der Waals surface area contributed by atoms with Gasteiger partial charge >= 0.3 is 5.97 Å². The Hall–Kier alpha value is -2.82. The van der Waals surface area contributed by atoms with Crippen molar-refractivity contribution in [3.05, 3.63) is 65.7 Å². The lowest BCUT2D eigenvalue weighted by molar-refractivity contribution is -0.137. The molecule has 25 heavy (non-hydrogen) atoms. The number of benzene rings is 2. The average molecular weight is 341 g/mol. The molecule has 0 aliphatic rings. The SMILES string of the molecule is CC(CCC(=O)O)NC(=O)COc1ccccc1Cc1ccccc1. The van der Waals surface area contributed by atoms with E-state index >= 15 is 0 Å². The minimum absolute atomic E-state index is 0.0300. The van der Waals surface area contributed by atoms with Crippen LogP contribution in [0, 0.1) is 0 Å². The Morgan fingerprint density at radius 2 is 1.76 bits per heavy atom. The molecule has 0 saturated carbocycles. The first-order valence-corrected chi connectivity index (χ1v) is 8.30. The highest BCUT2D eigenvalue weighted by Crippen LogP contribution is 2.21. The molecule has 5 heteroatoms. The summed E-state index contributed by atoms with van der Waals surface area (Å²) in [5.74, 6) is -0.445. The van der Waals surface area contributed by atoms with E-state index in [4.69, 9.17) is 9.84 Å². The normalized spacial score (nSPS) is 11.6. The van der Waals surface area contributed by atoms with Gasteiger partial charge in [0.1, 0.15) is 5.75 Å². The highest BCUT2D eigenvalue weighted by atomic mass is 16.5. The number of rotatable bonds is 9. The Morgan fingerprint density at radius 1 is 1.08 bits per heavy atom. The van der Waals surface area contributed by atoms with E-state index in [1.807, 2.05) is 54.6 Å². The average Bonchev–Trinajstić information content (AvgIpc) is 2.60. The molecule has 0 heterocycles. The number of amides is 1. The zero-order valence-electron chi connectivity index (χ0n) is 14.3. The second kappa shape index (κ2) is 9.47. The number of hydrogen-bond donors (Lipinski definition) is 2. The summed E-state index contributed by atoms with van der Waals surface area (Å²) in [4.78, 5) is 22.5. The lowest BCUT2D eigenvalue weighted by Crippen LogP contribution is -2.36. The van der Waals surface area contributed by atoms with Crippen molar-refractivity contribution < 1.29 is 19.4 Å². The summed E-state index contributed by atoms with van der Waals surface area (Å²) in [5, 5.41) is 11.4. The Morgan fingerprint density at radius 3 is 2.48 bits per heavy atom. The minimum atomic E-state index is -0.868. The topological polar surface area (TPSA) is 75.6 Å². The van der Waals surface area contributed by atoms with Gasteiger partial charge in [0, 0.05) is 18.9 Å². The Bertz CT molecular complexity index is 700. The predicted octanol–water partition coefficient (Wildman–Crippen LogP) is 3.03. The fraction of sp³-hybridized carbons (Fsp3) is 0.300. The third-order valence-electron chi connectivity index (χ3n) is 3.77. The molecule has 1 unspecified atom stereocenters. The van der Waals surface area contributed by atoms with Gasteiger partial charge in [-0.1, -0.05) is 48.5 Å². The van der Waals surface area contributed by atoms with Crippen molar-refractivity contribution >= 4 is 11.9 Å². The maximum Gasteiger partial charge on any atom is 0.303 e. The van der Waals surface area contributed by atoms with Gasteiger partial charge in [0.05, 0.1) is 0 Å². The van der Waals surface area contributed by atoms with Gasteiger partial charge in [-0.2, -0.15) is 0 Å². The van der Waals surface area contributed by atoms with Crippen LogP contribution in [0.4, 0.5) is 0 Å². The van der Waals surface area contributed by atoms with Crippen LogP contribution < -0.4 is 10.1 Å². The molecular weight excluding hydrogens is 318 g/mol. The second-order valence-electron chi connectivity index (χ2n) is 5.96. The molecule has 0 fully saturated rings. The van der Waals surface area contributed by atoms with E-state index in [0.717, 1.165) is 12.0 Å². The van der Waals surface area contributed by atoms with E-state index in [-0.39, 0.29) is 25.0 Å². The lowest BCUT2D eigenvalue weighted by atomic mass is 10.0. The largest absolute Gasteiger partial charge is 0.483 e. The van der Waals surface area contributed by atoms with Gasteiger partial charge in [0.15, 0.2) is 6.61 Å². The van der Waals surface area contributed by atoms with Crippen molar-refractivity contribution in [3.8, 4) is 5.75 Å². The van der Waals surface area contributed by atoms with E-state index < -0.39 is 5.97 Å². The second-order valence-corrected chi connectivity index (χ2v) is 5.96. The molecule has 5 nitrogen and oxygen atoms in total. The summed E-state index contributed by atoms with van der Waals surface area (Å²) in [6.07, 6.45) is 1.15. The van der Waals surface area contributed by atoms with Crippen LogP contribution in [0.2, 0.25) is 0 Å². The fourth-order valence-corrected chi connectivity index (χ4v) is 2.48. The van der Waals surface area contributed by atoms with E-state index in [9.17, 15) is 9.59 Å². The van der Waals surface area contributed by atoms with Crippen LogP contribution in [-0.4, -0.2) is 29.6 Å². The van der Waals surface area contributed by atoms with Gasteiger partial charge in [-0.25, -0.2) is 0 Å². The van der Waals surface area contributed by atoms with Gasteiger partial charge in [0.2, 0.25) is 0 Å². The quantitative estimate of drug-likeness (QED) is 0.735. The monoisotopic (exact) mass is 341 g/mol. The number of para-hydroxylation sites is 1. The molecule has 0 aromatic heterocycles. The van der Waals surface area contributed by atoms with Gasteiger partial charge in [-0.05, 0) is 30.5 Å². The van der Waals surface area contributed by atoms with Gasteiger partial charge < -0.3 is 15.2 Å². The molecule has 0 aliphatic heterocycles. The van der Waals surface area contributed by atoms with Crippen LogP contribution in [0.3, 0.4) is 0 Å². The molecule has 0 saturated heterocycles. The molecule has 2 aromatic rings. The van der Waals surface area contributed by atoms with Gasteiger partial charge in [0.25, 0.3) is 5.91 Å². The zero-order chi connectivity index (χ0) is 18.1. The van der Waals surface area contributed by atoms with Crippen molar-refractivity contribution in [2.75, 3.05) is 6.61 Å². The summed E-state index contributed by atoms with van der Waals surface area (Å²) < 4.78 is 5.67. The highest BCUT2D eigenvalue weighted by molar-refractivity contribution is 5.78. The first-order chi connectivity index (χ1) is 12.0. The van der Waals surface area contributed by atoms with E-state index in [0.29, 0.717) is 12.2 Å². The molecule has 2 N–H and O–H groups in total. The Kier molecular flexibility index (Phi) is 7.01. The number of carbonyl (C=O) groups is 2. The third-order valence-corrected chi connectivity index (χ3v) is 3.77. The Balaban J connectivity index is 1.88. The van der Waals surface area contributed by atoms with Crippen LogP contribution >= 0.6 is 0 Å². The van der Waals surface area contributed by atoms with Crippen molar-refractivity contribution in [1.29, 1.82) is 0 Å². The van der Waals surface area contributed by atoms with Gasteiger partial charge in [-0.3, -0.25) is 9.59 Å². The van der Waals surface area contributed by atoms with E-state index in [1.54, 1.807) is 6.92 Å². The molecule has 2 rings (SSSR count). The first kappa shape index (κ1) is 18.5. The number of ether oxygens (including phenoxy) is 1. The summed E-state index contributed by atoms with van der Waals surface area (Å²) in [5.41, 5.74) is 2.19. The highest BCUT2D eigenvalue weighted by Gasteiger charge is 2.11. The van der Waals surface area contributed by atoms with E-state index in [2.05, 4.69) is 5.32 Å². The smallest absolute Gasteiger partial charge is 0.303 e. The van der Waals surface area contributed by atoms with Crippen molar-refractivity contribution in [2.45, 2.75) is 32.2 Å². The lowest BCUT2D eigenvalue weighted by Gasteiger charge is -2.15. The summed E-state index contributed by atoms with van der Waals surface area (Å²) in [7, 11) is 0. The Labute approximate surface area is 147 Å². The predicted molar refractivity (Wildman–Crippen MR) is 95.7 cm³/mol. The van der Waals surface area contributed by atoms with Crippen molar-refractivity contribution in [1.82, 2.24) is 5.32 Å². The minimum Gasteiger partial charge on any atom is -0.483 e. The fourth-order valence-electron chi connectivity index (χ4n) is 2.48.